The second-order valence-electron chi connectivity index (χ2n) is 6.43. The molecule has 1 N–H and O–H groups in total. The minimum atomic E-state index is -0.258. The second kappa shape index (κ2) is 8.43. The van der Waals surface area contributed by atoms with Gasteiger partial charge in [0.15, 0.2) is 10.2 Å². The third kappa shape index (κ3) is 4.43. The number of thiocarbonyl (C=S) groups is 1. The number of rotatable bonds is 3. The lowest BCUT2D eigenvalue weighted by Gasteiger charge is -2.36. The van der Waals surface area contributed by atoms with Crippen LogP contribution in [-0.4, -0.2) is 41.2 Å². The highest BCUT2D eigenvalue weighted by Crippen LogP contribution is 2.29. The lowest BCUT2D eigenvalue weighted by atomic mass is 10.2. The van der Waals surface area contributed by atoms with Crippen molar-refractivity contribution in [3.63, 3.8) is 0 Å². The van der Waals surface area contributed by atoms with Gasteiger partial charge in [-0.2, -0.15) is 0 Å². The molecule has 0 atom stereocenters. The third-order valence-corrected chi connectivity index (χ3v) is 6.08. The zero-order chi connectivity index (χ0) is 19.5. The normalized spacial score (nSPS) is 14.2. The van der Waals surface area contributed by atoms with E-state index >= 15 is 0 Å². The second-order valence-corrected chi connectivity index (χ2v) is 8.09. The lowest BCUT2D eigenvalue weighted by Crippen LogP contribution is -2.50. The van der Waals surface area contributed by atoms with Gasteiger partial charge in [0.1, 0.15) is 5.82 Å². The molecular weight excluding hydrogens is 415 g/mol. The Morgan fingerprint density at radius 3 is 2.39 bits per heavy atom. The van der Waals surface area contributed by atoms with Gasteiger partial charge in [-0.1, -0.05) is 23.7 Å². The van der Waals surface area contributed by atoms with Gasteiger partial charge in [0.05, 0.1) is 5.69 Å². The summed E-state index contributed by atoms with van der Waals surface area (Å²) >= 11 is 13.1. The highest BCUT2D eigenvalue weighted by molar-refractivity contribution is 7.80. The molecule has 2 heterocycles. The monoisotopic (exact) mass is 432 g/mol. The SMILES string of the molecule is Fc1ccc(NC(=S)N2CCN(c3nc(-c4ccc(Cl)cc4)cs3)CC2)cc1. The molecule has 1 aliphatic rings. The van der Waals surface area contributed by atoms with Crippen molar-refractivity contribution in [2.45, 2.75) is 0 Å². The lowest BCUT2D eigenvalue weighted by molar-refractivity contribution is 0.390. The first-order valence-corrected chi connectivity index (χ1v) is 10.5. The Balaban J connectivity index is 1.34. The van der Waals surface area contributed by atoms with Crippen LogP contribution in [0.1, 0.15) is 0 Å². The number of aromatic nitrogens is 1. The van der Waals surface area contributed by atoms with Crippen LogP contribution >= 0.6 is 35.2 Å². The van der Waals surface area contributed by atoms with Crippen LogP contribution in [0.3, 0.4) is 0 Å². The number of piperazine rings is 1. The molecule has 3 aromatic rings. The van der Waals surface area contributed by atoms with Gasteiger partial charge in [-0.25, -0.2) is 9.37 Å². The Hall–Kier alpha value is -2.22. The molecule has 0 spiro atoms. The molecule has 1 fully saturated rings. The van der Waals surface area contributed by atoms with Gasteiger partial charge < -0.3 is 15.1 Å². The topological polar surface area (TPSA) is 31.4 Å². The molecule has 0 unspecified atom stereocenters. The number of nitrogens with zero attached hydrogens (tertiary/aromatic N) is 3. The Labute approximate surface area is 177 Å². The van der Waals surface area contributed by atoms with Crippen molar-refractivity contribution in [1.82, 2.24) is 9.88 Å². The maximum absolute atomic E-state index is 13.0. The Kier molecular flexibility index (Phi) is 5.75. The third-order valence-electron chi connectivity index (χ3n) is 4.56. The van der Waals surface area contributed by atoms with Crippen molar-refractivity contribution in [2.75, 3.05) is 36.4 Å². The molecule has 0 amide bonds. The maximum Gasteiger partial charge on any atom is 0.185 e. The molecule has 4 rings (SSSR count). The van der Waals surface area contributed by atoms with Crippen LogP contribution in [0, 0.1) is 5.82 Å². The zero-order valence-corrected chi connectivity index (χ0v) is 17.3. The highest BCUT2D eigenvalue weighted by atomic mass is 35.5. The van der Waals surface area contributed by atoms with Crippen LogP contribution < -0.4 is 10.2 Å². The molecule has 1 aromatic heterocycles. The average Bonchev–Trinajstić information content (AvgIpc) is 3.20. The predicted octanol–water partition coefficient (Wildman–Crippen LogP) is 5.12. The van der Waals surface area contributed by atoms with Gasteiger partial charge in [-0.05, 0) is 48.6 Å². The smallest absolute Gasteiger partial charge is 0.185 e. The Bertz CT molecular complexity index is 951. The first-order valence-electron chi connectivity index (χ1n) is 8.86. The maximum atomic E-state index is 13.0. The van der Waals surface area contributed by atoms with E-state index in [0.29, 0.717) is 5.11 Å². The van der Waals surface area contributed by atoms with E-state index in [4.69, 9.17) is 28.8 Å². The standard InChI is InChI=1S/C20H18ClFN4S2/c21-15-3-1-14(2-4-15)18-13-28-20(24-18)26-11-9-25(10-12-26)19(27)23-17-7-5-16(22)6-8-17/h1-8,13H,9-12H2,(H,23,27). The van der Waals surface area contributed by atoms with Gasteiger partial charge in [-0.3, -0.25) is 0 Å². The van der Waals surface area contributed by atoms with Crippen LogP contribution in [0.5, 0.6) is 0 Å². The quantitative estimate of drug-likeness (QED) is 0.580. The molecule has 1 saturated heterocycles. The Morgan fingerprint density at radius 2 is 1.71 bits per heavy atom. The molecule has 1 aliphatic heterocycles. The zero-order valence-electron chi connectivity index (χ0n) is 14.9. The van der Waals surface area contributed by atoms with Crippen LogP contribution in [-0.2, 0) is 0 Å². The summed E-state index contributed by atoms with van der Waals surface area (Å²) in [6.07, 6.45) is 0. The van der Waals surface area contributed by atoms with E-state index in [1.165, 1.54) is 12.1 Å². The molecule has 2 aromatic carbocycles. The number of anilines is 2. The van der Waals surface area contributed by atoms with Crippen molar-refractivity contribution >= 4 is 51.1 Å². The largest absolute Gasteiger partial charge is 0.345 e. The van der Waals surface area contributed by atoms with Gasteiger partial charge in [-0.15, -0.1) is 11.3 Å². The fourth-order valence-electron chi connectivity index (χ4n) is 3.00. The number of hydrogen-bond acceptors (Lipinski definition) is 4. The van der Waals surface area contributed by atoms with Gasteiger partial charge in [0.25, 0.3) is 0 Å². The number of hydrogen-bond donors (Lipinski definition) is 1. The summed E-state index contributed by atoms with van der Waals surface area (Å²) in [5.74, 6) is -0.258. The van der Waals surface area contributed by atoms with Gasteiger partial charge >= 0.3 is 0 Å². The van der Waals surface area contributed by atoms with Crippen molar-refractivity contribution in [2.24, 2.45) is 0 Å². The first kappa shape index (κ1) is 19.1. The summed E-state index contributed by atoms with van der Waals surface area (Å²) in [7, 11) is 0. The molecule has 0 saturated carbocycles. The molecule has 144 valence electrons. The summed E-state index contributed by atoms with van der Waals surface area (Å²) in [4.78, 5) is 9.19. The summed E-state index contributed by atoms with van der Waals surface area (Å²) in [5.41, 5.74) is 2.82. The predicted molar refractivity (Wildman–Crippen MR) is 119 cm³/mol. The van der Waals surface area contributed by atoms with Crippen LogP contribution in [0.25, 0.3) is 11.3 Å². The minimum Gasteiger partial charge on any atom is -0.345 e. The first-order chi connectivity index (χ1) is 13.6. The number of benzene rings is 2. The molecule has 28 heavy (non-hydrogen) atoms. The molecule has 8 heteroatoms. The van der Waals surface area contributed by atoms with E-state index in [9.17, 15) is 4.39 Å². The van der Waals surface area contributed by atoms with E-state index in [1.807, 2.05) is 24.3 Å². The summed E-state index contributed by atoms with van der Waals surface area (Å²) in [6, 6.07) is 13.9. The van der Waals surface area contributed by atoms with E-state index < -0.39 is 0 Å². The molecule has 0 aliphatic carbocycles. The fraction of sp³-hybridized carbons (Fsp3) is 0.200. The number of halogens is 2. The van der Waals surface area contributed by atoms with Crippen LogP contribution in [0.15, 0.2) is 53.9 Å². The number of thiazole rings is 1. The summed E-state index contributed by atoms with van der Waals surface area (Å²) in [6.45, 7) is 3.31. The highest BCUT2D eigenvalue weighted by Gasteiger charge is 2.21. The molecular formula is C20H18ClFN4S2. The number of nitrogens with one attached hydrogen (secondary N) is 1. The van der Waals surface area contributed by atoms with E-state index in [2.05, 4.69) is 20.5 Å². The van der Waals surface area contributed by atoms with Crippen molar-refractivity contribution in [3.8, 4) is 11.3 Å². The molecule has 0 radical (unpaired) electrons. The van der Waals surface area contributed by atoms with Gasteiger partial charge in [0.2, 0.25) is 0 Å². The van der Waals surface area contributed by atoms with Crippen LogP contribution in [0.2, 0.25) is 5.02 Å². The molecule has 4 nitrogen and oxygen atoms in total. The molecule has 0 bridgehead atoms. The summed E-state index contributed by atoms with van der Waals surface area (Å²) in [5, 5.41) is 7.65. The minimum absolute atomic E-state index is 0.258. The fourth-order valence-corrected chi connectivity index (χ4v) is 4.31. The van der Waals surface area contributed by atoms with E-state index in [-0.39, 0.29) is 5.82 Å². The van der Waals surface area contributed by atoms with Crippen LogP contribution in [0.4, 0.5) is 15.2 Å². The Morgan fingerprint density at radius 1 is 1.04 bits per heavy atom. The van der Waals surface area contributed by atoms with Crippen molar-refractivity contribution < 1.29 is 4.39 Å². The average molecular weight is 433 g/mol. The van der Waals surface area contributed by atoms with Crippen molar-refractivity contribution in [1.29, 1.82) is 0 Å². The van der Waals surface area contributed by atoms with E-state index in [1.54, 1.807) is 23.5 Å². The van der Waals surface area contributed by atoms with E-state index in [0.717, 1.165) is 53.3 Å². The van der Waals surface area contributed by atoms with Crippen molar-refractivity contribution in [3.05, 3.63) is 64.8 Å². The van der Waals surface area contributed by atoms with Gasteiger partial charge in [0, 0.05) is 47.8 Å². The summed E-state index contributed by atoms with van der Waals surface area (Å²) < 4.78 is 13.0.